The summed E-state index contributed by atoms with van der Waals surface area (Å²) in [4.78, 5) is 32.3. The molecule has 1 aliphatic rings. The lowest BCUT2D eigenvalue weighted by atomic mass is 9.95. The summed E-state index contributed by atoms with van der Waals surface area (Å²) in [6.45, 7) is 1.86. The second kappa shape index (κ2) is 8.19. The van der Waals surface area contributed by atoms with E-state index in [1.807, 2.05) is 43.3 Å². The second-order valence-corrected chi connectivity index (χ2v) is 8.29. The predicted octanol–water partition coefficient (Wildman–Crippen LogP) is 5.82. The van der Waals surface area contributed by atoms with E-state index in [4.69, 9.17) is 11.6 Å². The van der Waals surface area contributed by atoms with E-state index < -0.39 is 17.7 Å². The molecule has 3 aromatic carbocycles. The number of aryl methyl sites for hydroxylation is 1. The summed E-state index contributed by atoms with van der Waals surface area (Å²) < 4.78 is 0. The molecule has 1 atom stereocenters. The van der Waals surface area contributed by atoms with Gasteiger partial charge in [-0.15, -0.1) is 0 Å². The van der Waals surface area contributed by atoms with E-state index in [2.05, 4.69) is 4.98 Å². The largest absolute Gasteiger partial charge is 0.507 e. The number of aliphatic hydroxyl groups excluding tert-OH is 1. The summed E-state index contributed by atoms with van der Waals surface area (Å²) in [6.07, 6.45) is 1.59. The average Bonchev–Trinajstić information content (AvgIpc) is 3.11. The minimum Gasteiger partial charge on any atom is -0.507 e. The molecular weight excluding hydrogens is 436 g/mol. The summed E-state index contributed by atoms with van der Waals surface area (Å²) in [5.74, 6) is -1.75. The zero-order valence-corrected chi connectivity index (χ0v) is 18.5. The maximum Gasteiger partial charge on any atom is 0.300 e. The third kappa shape index (κ3) is 3.47. The zero-order valence-electron chi connectivity index (χ0n) is 17.7. The van der Waals surface area contributed by atoms with E-state index >= 15 is 0 Å². The lowest BCUT2D eigenvalue weighted by Gasteiger charge is -2.25. The van der Waals surface area contributed by atoms with Gasteiger partial charge in [-0.1, -0.05) is 66.2 Å². The van der Waals surface area contributed by atoms with Crippen LogP contribution in [0.15, 0.2) is 90.6 Å². The molecule has 0 saturated carbocycles. The number of pyridine rings is 1. The molecule has 0 bridgehead atoms. The van der Waals surface area contributed by atoms with Gasteiger partial charge in [0.05, 0.1) is 11.3 Å². The third-order valence-corrected chi connectivity index (χ3v) is 6.30. The molecule has 6 heteroatoms. The Bertz CT molecular complexity index is 1440. The van der Waals surface area contributed by atoms with Crippen LogP contribution in [-0.4, -0.2) is 21.8 Å². The highest BCUT2D eigenvalue weighted by molar-refractivity contribution is 6.52. The van der Waals surface area contributed by atoms with E-state index in [-0.39, 0.29) is 11.3 Å². The molecule has 5 rings (SSSR count). The number of anilines is 1. The zero-order chi connectivity index (χ0) is 23.1. The van der Waals surface area contributed by atoms with Gasteiger partial charge in [0.2, 0.25) is 0 Å². The molecule has 33 heavy (non-hydrogen) atoms. The number of hydrogen-bond donors (Lipinski definition) is 1. The Kier molecular flexibility index (Phi) is 5.19. The van der Waals surface area contributed by atoms with Gasteiger partial charge in [-0.25, -0.2) is 0 Å². The standard InChI is InChI=1S/C27H19ClN2O3/c1-16-12-13-18(15-21(16)28)30-24(22-11-4-5-14-29-22)23(26(32)27(30)33)25(31)20-10-6-8-17-7-2-3-9-19(17)20/h2-15,24,31H,1H3/b25-23-. The topological polar surface area (TPSA) is 70.5 Å². The highest BCUT2D eigenvalue weighted by atomic mass is 35.5. The molecule has 0 spiro atoms. The summed E-state index contributed by atoms with van der Waals surface area (Å²) in [5, 5.41) is 13.6. The number of fused-ring (bicyclic) bond motifs is 1. The van der Waals surface area contributed by atoms with Crippen LogP contribution in [0, 0.1) is 6.92 Å². The number of Topliss-reactive ketones (excluding diaryl/α,β-unsaturated/α-hetero) is 1. The fraction of sp³-hybridized carbons (Fsp3) is 0.0741. The van der Waals surface area contributed by atoms with Crippen molar-refractivity contribution >= 4 is 45.5 Å². The van der Waals surface area contributed by atoms with Gasteiger partial charge in [0, 0.05) is 22.5 Å². The first-order valence-electron chi connectivity index (χ1n) is 10.4. The molecule has 1 saturated heterocycles. The SMILES string of the molecule is Cc1ccc(N2C(=O)C(=O)/C(=C(\O)c3cccc4ccccc34)C2c2ccccn2)cc1Cl. The predicted molar refractivity (Wildman–Crippen MR) is 129 cm³/mol. The van der Waals surface area contributed by atoms with Gasteiger partial charge in [0.1, 0.15) is 11.8 Å². The Morgan fingerprint density at radius 2 is 1.73 bits per heavy atom. The van der Waals surface area contributed by atoms with Crippen LogP contribution in [0.2, 0.25) is 5.02 Å². The summed E-state index contributed by atoms with van der Waals surface area (Å²) >= 11 is 6.33. The van der Waals surface area contributed by atoms with Crippen molar-refractivity contribution in [1.82, 2.24) is 4.98 Å². The lowest BCUT2D eigenvalue weighted by Crippen LogP contribution is -2.29. The molecule has 0 radical (unpaired) electrons. The normalized spacial score (nSPS) is 17.6. The molecule has 1 aromatic heterocycles. The van der Waals surface area contributed by atoms with Crippen LogP contribution in [0.5, 0.6) is 0 Å². The van der Waals surface area contributed by atoms with E-state index in [1.54, 1.807) is 48.7 Å². The van der Waals surface area contributed by atoms with E-state index in [0.29, 0.717) is 22.0 Å². The third-order valence-electron chi connectivity index (χ3n) is 5.89. The van der Waals surface area contributed by atoms with Crippen LogP contribution in [0.3, 0.4) is 0 Å². The van der Waals surface area contributed by atoms with Crippen LogP contribution in [-0.2, 0) is 9.59 Å². The Labute approximate surface area is 195 Å². The minimum atomic E-state index is -0.899. The number of carbonyl (C=O) groups excluding carboxylic acids is 2. The Morgan fingerprint density at radius 3 is 2.48 bits per heavy atom. The van der Waals surface area contributed by atoms with Gasteiger partial charge < -0.3 is 5.11 Å². The highest BCUT2D eigenvalue weighted by Crippen LogP contribution is 2.43. The van der Waals surface area contributed by atoms with Crippen LogP contribution in [0.1, 0.15) is 22.9 Å². The first-order valence-corrected chi connectivity index (χ1v) is 10.8. The van der Waals surface area contributed by atoms with Gasteiger partial charge in [0.15, 0.2) is 0 Å². The molecule has 4 aromatic rings. The second-order valence-electron chi connectivity index (χ2n) is 7.88. The molecule has 1 aliphatic heterocycles. The van der Waals surface area contributed by atoms with Crippen molar-refractivity contribution in [2.45, 2.75) is 13.0 Å². The summed E-state index contributed by atoms with van der Waals surface area (Å²) in [6, 6.07) is 22.6. The quantitative estimate of drug-likeness (QED) is 0.240. The van der Waals surface area contributed by atoms with Crippen molar-refractivity contribution in [3.05, 3.63) is 112 Å². The van der Waals surface area contributed by atoms with Crippen molar-refractivity contribution in [2.75, 3.05) is 4.90 Å². The maximum atomic E-state index is 13.3. The van der Waals surface area contributed by atoms with Gasteiger partial charge in [-0.3, -0.25) is 19.5 Å². The smallest absolute Gasteiger partial charge is 0.300 e. The Morgan fingerprint density at radius 1 is 0.970 bits per heavy atom. The molecule has 162 valence electrons. The number of benzene rings is 3. The van der Waals surface area contributed by atoms with E-state index in [9.17, 15) is 14.7 Å². The monoisotopic (exact) mass is 454 g/mol. The molecule has 2 heterocycles. The average molecular weight is 455 g/mol. The Hall–Kier alpha value is -3.96. The molecule has 5 nitrogen and oxygen atoms in total. The van der Waals surface area contributed by atoms with Crippen LogP contribution >= 0.6 is 11.6 Å². The molecule has 1 unspecified atom stereocenters. The lowest BCUT2D eigenvalue weighted by molar-refractivity contribution is -0.132. The molecule has 1 amide bonds. The highest BCUT2D eigenvalue weighted by Gasteiger charge is 2.47. The summed E-state index contributed by atoms with van der Waals surface area (Å²) in [7, 11) is 0. The first-order chi connectivity index (χ1) is 16.0. The number of aliphatic hydroxyl groups is 1. The number of carbonyl (C=O) groups is 2. The van der Waals surface area contributed by atoms with E-state index in [1.165, 1.54) is 4.90 Å². The van der Waals surface area contributed by atoms with Gasteiger partial charge >= 0.3 is 0 Å². The molecular formula is C27H19ClN2O3. The first kappa shape index (κ1) is 20.9. The number of hydrogen-bond acceptors (Lipinski definition) is 4. The van der Waals surface area contributed by atoms with Crippen molar-refractivity contribution in [2.24, 2.45) is 0 Å². The van der Waals surface area contributed by atoms with Gasteiger partial charge in [0.25, 0.3) is 11.7 Å². The van der Waals surface area contributed by atoms with Crippen LogP contribution in [0.4, 0.5) is 5.69 Å². The van der Waals surface area contributed by atoms with Gasteiger partial charge in [-0.05, 0) is 47.5 Å². The molecule has 1 fully saturated rings. The van der Waals surface area contributed by atoms with Gasteiger partial charge in [-0.2, -0.15) is 0 Å². The number of rotatable bonds is 3. The molecule has 1 N–H and O–H groups in total. The van der Waals surface area contributed by atoms with Crippen molar-refractivity contribution < 1.29 is 14.7 Å². The number of aromatic nitrogens is 1. The maximum absolute atomic E-state index is 13.3. The number of ketones is 1. The van der Waals surface area contributed by atoms with E-state index in [0.717, 1.165) is 16.3 Å². The fourth-order valence-electron chi connectivity index (χ4n) is 4.22. The summed E-state index contributed by atoms with van der Waals surface area (Å²) in [5.41, 5.74) is 2.25. The Balaban J connectivity index is 1.77. The van der Waals surface area contributed by atoms with Crippen molar-refractivity contribution in [3.8, 4) is 0 Å². The number of nitrogens with zero attached hydrogens (tertiary/aromatic N) is 2. The number of amides is 1. The fourth-order valence-corrected chi connectivity index (χ4v) is 4.40. The minimum absolute atomic E-state index is 0.00764. The van der Waals surface area contributed by atoms with Crippen LogP contribution < -0.4 is 4.90 Å². The van der Waals surface area contributed by atoms with Crippen molar-refractivity contribution in [3.63, 3.8) is 0 Å². The molecule has 0 aliphatic carbocycles. The van der Waals surface area contributed by atoms with Crippen LogP contribution in [0.25, 0.3) is 16.5 Å². The van der Waals surface area contributed by atoms with Crippen molar-refractivity contribution in [1.29, 1.82) is 0 Å². The number of halogens is 1.